The molecule has 1 unspecified atom stereocenters. The molecule has 2 aliphatic rings. The van der Waals surface area contributed by atoms with Gasteiger partial charge < -0.3 is 20.1 Å². The Morgan fingerprint density at radius 3 is 2.67 bits per heavy atom. The minimum atomic E-state index is -3.38. The van der Waals surface area contributed by atoms with E-state index in [2.05, 4.69) is 10.6 Å². The first-order chi connectivity index (χ1) is 14.0. The molecule has 0 amide bonds. The van der Waals surface area contributed by atoms with Gasteiger partial charge in [-0.3, -0.25) is 0 Å². The van der Waals surface area contributed by atoms with E-state index in [0.717, 1.165) is 5.56 Å². The molecule has 2 aromatic rings. The first-order valence-corrected chi connectivity index (χ1v) is 10.2. The Morgan fingerprint density at radius 1 is 1.13 bits per heavy atom. The summed E-state index contributed by atoms with van der Waals surface area (Å²) in [5.74, 6) is -3.41. The van der Waals surface area contributed by atoms with E-state index < -0.39 is 22.9 Å². The Kier molecular flexibility index (Phi) is 5.19. The highest BCUT2D eigenvalue weighted by atomic mass is 35.5. The predicted molar refractivity (Wildman–Crippen MR) is 110 cm³/mol. The molecule has 0 spiro atoms. The molecule has 2 N–H and O–H groups in total. The second-order valence-corrected chi connectivity index (χ2v) is 8.81. The third-order valence-corrected chi connectivity index (χ3v) is 6.27. The predicted octanol–water partition coefficient (Wildman–Crippen LogP) is 5.27. The summed E-state index contributed by atoms with van der Waals surface area (Å²) in [4.78, 5) is 0. The zero-order valence-electron chi connectivity index (χ0n) is 17.0. The smallest absolute Gasteiger partial charge is 0.297 e. The highest BCUT2D eigenvalue weighted by molar-refractivity contribution is 6.30. The Balaban J connectivity index is 1.69. The molecular weight excluding hydrogens is 417 g/mol. The van der Waals surface area contributed by atoms with Gasteiger partial charge in [0.1, 0.15) is 29.3 Å². The quantitative estimate of drug-likeness (QED) is 0.682. The number of nitrogens with one attached hydrogen (secondary N) is 2. The molecule has 1 fully saturated rings. The number of hydrogen-bond donors (Lipinski definition) is 2. The van der Waals surface area contributed by atoms with Crippen molar-refractivity contribution < 1.29 is 22.6 Å². The van der Waals surface area contributed by atoms with E-state index in [4.69, 9.17) is 21.1 Å². The summed E-state index contributed by atoms with van der Waals surface area (Å²) < 4.78 is 56.9. The second kappa shape index (κ2) is 7.32. The van der Waals surface area contributed by atoms with Crippen LogP contribution >= 0.6 is 11.6 Å². The lowest BCUT2D eigenvalue weighted by Crippen LogP contribution is -2.61. The highest BCUT2D eigenvalue weighted by Crippen LogP contribution is 2.48. The molecule has 2 aromatic carbocycles. The van der Waals surface area contributed by atoms with Gasteiger partial charge >= 0.3 is 0 Å². The monoisotopic (exact) mass is 440 g/mol. The molecule has 0 radical (unpaired) electrons. The molecule has 30 heavy (non-hydrogen) atoms. The van der Waals surface area contributed by atoms with Crippen molar-refractivity contribution in [2.45, 2.75) is 43.9 Å². The second-order valence-electron chi connectivity index (χ2n) is 8.37. The van der Waals surface area contributed by atoms with Crippen molar-refractivity contribution in [1.29, 1.82) is 0 Å². The first kappa shape index (κ1) is 21.3. The van der Waals surface area contributed by atoms with E-state index in [1.165, 1.54) is 39.0 Å². The fraction of sp³-hybridized carbons (Fsp3) is 0.455. The molecule has 1 saturated heterocycles. The van der Waals surface area contributed by atoms with Crippen LogP contribution in [0, 0.1) is 5.82 Å². The summed E-state index contributed by atoms with van der Waals surface area (Å²) >= 11 is 6.00. The van der Waals surface area contributed by atoms with E-state index in [-0.39, 0.29) is 24.8 Å². The number of benzene rings is 2. The summed E-state index contributed by atoms with van der Waals surface area (Å²) in [6.45, 7) is 4.62. The highest BCUT2D eigenvalue weighted by Gasteiger charge is 2.63. The summed E-state index contributed by atoms with van der Waals surface area (Å²) in [7, 11) is 0. The average Bonchev–Trinajstić information content (AvgIpc) is 3.04. The number of alkyl halides is 2. The number of halogens is 4. The lowest BCUT2D eigenvalue weighted by molar-refractivity contribution is -0.216. The topological polar surface area (TPSA) is 42.5 Å². The molecule has 2 aliphatic heterocycles. The van der Waals surface area contributed by atoms with Gasteiger partial charge in [-0.2, -0.15) is 0 Å². The lowest BCUT2D eigenvalue weighted by Gasteiger charge is -2.44. The fourth-order valence-corrected chi connectivity index (χ4v) is 4.34. The van der Waals surface area contributed by atoms with Crippen molar-refractivity contribution in [1.82, 2.24) is 5.32 Å². The molecular formula is C22H24ClF3N2O2. The van der Waals surface area contributed by atoms with Crippen LogP contribution < -0.4 is 15.4 Å². The van der Waals surface area contributed by atoms with Crippen molar-refractivity contribution >= 4 is 17.3 Å². The molecule has 4 rings (SSSR count). The maximum atomic E-state index is 15.5. The van der Waals surface area contributed by atoms with Crippen LogP contribution in [-0.2, 0) is 10.3 Å². The molecule has 2 atom stereocenters. The van der Waals surface area contributed by atoms with Gasteiger partial charge in [-0.1, -0.05) is 17.7 Å². The van der Waals surface area contributed by atoms with Gasteiger partial charge in [0, 0.05) is 28.4 Å². The van der Waals surface area contributed by atoms with Crippen molar-refractivity contribution in [3.8, 4) is 5.75 Å². The Hall–Kier alpha value is -1.96. The molecule has 0 bridgehead atoms. The average molecular weight is 441 g/mol. The number of ether oxygens (including phenoxy) is 2. The molecule has 2 heterocycles. The maximum Gasteiger partial charge on any atom is 0.297 e. The minimum absolute atomic E-state index is 0.108. The lowest BCUT2D eigenvalue weighted by atomic mass is 9.77. The SMILES string of the molecule is CC1(C)OCCN[C@](C)(c2cc(NC3COc4cc(Cl)ccc43)ccc2F)C1(F)F. The third kappa shape index (κ3) is 3.33. The summed E-state index contributed by atoms with van der Waals surface area (Å²) in [5.41, 5.74) is -2.41. The van der Waals surface area contributed by atoms with Gasteiger partial charge in [-0.15, -0.1) is 0 Å². The van der Waals surface area contributed by atoms with Gasteiger partial charge in [-0.05, 0) is 51.1 Å². The van der Waals surface area contributed by atoms with Crippen LogP contribution in [0.2, 0.25) is 5.02 Å². The zero-order valence-corrected chi connectivity index (χ0v) is 17.7. The van der Waals surface area contributed by atoms with E-state index in [0.29, 0.717) is 23.1 Å². The number of rotatable bonds is 3. The molecule has 4 nitrogen and oxygen atoms in total. The summed E-state index contributed by atoms with van der Waals surface area (Å²) in [6.07, 6.45) is 0. The molecule has 162 valence electrons. The van der Waals surface area contributed by atoms with Crippen LogP contribution in [-0.4, -0.2) is 31.3 Å². The van der Waals surface area contributed by atoms with Gasteiger partial charge in [-0.25, -0.2) is 13.2 Å². The first-order valence-electron chi connectivity index (χ1n) is 9.81. The van der Waals surface area contributed by atoms with E-state index in [1.54, 1.807) is 12.1 Å². The largest absolute Gasteiger partial charge is 0.491 e. The van der Waals surface area contributed by atoms with Crippen LogP contribution in [0.4, 0.5) is 18.9 Å². The van der Waals surface area contributed by atoms with Crippen LogP contribution in [0.5, 0.6) is 5.75 Å². The normalized spacial score (nSPS) is 27.1. The maximum absolute atomic E-state index is 15.5. The third-order valence-electron chi connectivity index (χ3n) is 6.03. The Labute approximate surface area is 178 Å². The minimum Gasteiger partial charge on any atom is -0.491 e. The Bertz CT molecular complexity index is 969. The van der Waals surface area contributed by atoms with Gasteiger partial charge in [0.2, 0.25) is 0 Å². The Morgan fingerprint density at radius 2 is 1.90 bits per heavy atom. The standard InChI is InChI=1S/C22H24ClF3N2O2/c1-20(2)22(25,26)21(3,27-8-9-30-20)16-11-14(5-7-17(16)24)28-18-12-29-19-10-13(23)4-6-15(18)19/h4-7,10-11,18,27-28H,8-9,12H2,1-3H3/t18?,21-/m1/s1. The van der Waals surface area contributed by atoms with Crippen molar-refractivity contribution in [3.63, 3.8) is 0 Å². The number of hydrogen-bond acceptors (Lipinski definition) is 4. The van der Waals surface area contributed by atoms with E-state index in [1.807, 2.05) is 6.07 Å². The van der Waals surface area contributed by atoms with Gasteiger partial charge in [0.15, 0.2) is 0 Å². The van der Waals surface area contributed by atoms with Crippen molar-refractivity contribution in [2.75, 3.05) is 25.1 Å². The molecule has 0 saturated carbocycles. The van der Waals surface area contributed by atoms with Crippen LogP contribution in [0.1, 0.15) is 37.9 Å². The molecule has 0 aromatic heterocycles. The zero-order chi connectivity index (χ0) is 21.7. The van der Waals surface area contributed by atoms with Crippen LogP contribution in [0.25, 0.3) is 0 Å². The van der Waals surface area contributed by atoms with Crippen molar-refractivity contribution in [3.05, 3.63) is 58.4 Å². The van der Waals surface area contributed by atoms with Crippen LogP contribution in [0.15, 0.2) is 36.4 Å². The summed E-state index contributed by atoms with van der Waals surface area (Å²) in [6, 6.07) is 9.32. The van der Waals surface area contributed by atoms with Gasteiger partial charge in [0.05, 0.1) is 12.6 Å². The van der Waals surface area contributed by atoms with Crippen molar-refractivity contribution in [2.24, 2.45) is 0 Å². The summed E-state index contributed by atoms with van der Waals surface area (Å²) in [5, 5.41) is 6.65. The van der Waals surface area contributed by atoms with E-state index in [9.17, 15) is 4.39 Å². The number of fused-ring (bicyclic) bond motifs is 1. The van der Waals surface area contributed by atoms with Crippen LogP contribution in [0.3, 0.4) is 0 Å². The molecule has 0 aliphatic carbocycles. The fourth-order valence-electron chi connectivity index (χ4n) is 4.18. The van der Waals surface area contributed by atoms with E-state index >= 15 is 8.78 Å². The molecule has 8 heteroatoms. The van der Waals surface area contributed by atoms with Gasteiger partial charge in [0.25, 0.3) is 5.92 Å². The number of anilines is 1.